The molecule has 0 saturated carbocycles. The Morgan fingerprint density at radius 3 is 2.03 bits per heavy atom. The second kappa shape index (κ2) is 20.9. The van der Waals surface area contributed by atoms with Crippen molar-refractivity contribution in [2.45, 2.75) is 103 Å². The fourth-order valence-corrected chi connectivity index (χ4v) is 9.53. The topological polar surface area (TPSA) is 168 Å². The van der Waals surface area contributed by atoms with Crippen LogP contribution in [0.25, 0.3) is 11.3 Å². The second-order valence-corrected chi connectivity index (χ2v) is 18.2. The highest BCUT2D eigenvalue weighted by Crippen LogP contribution is 2.51. The van der Waals surface area contributed by atoms with Crippen molar-refractivity contribution in [2.24, 2.45) is 0 Å². The summed E-state index contributed by atoms with van der Waals surface area (Å²) in [5.41, 5.74) is -0.713. The number of nitriles is 1. The number of carbonyl (C=O) groups excluding carboxylic acids is 1. The molecule has 4 atom stereocenters. The lowest BCUT2D eigenvalue weighted by molar-refractivity contribution is -0.0925. The van der Waals surface area contributed by atoms with Gasteiger partial charge in [-0.3, -0.25) is 18.9 Å². The lowest BCUT2D eigenvalue weighted by Gasteiger charge is -2.39. The van der Waals surface area contributed by atoms with Crippen molar-refractivity contribution >= 4 is 14.6 Å². The summed E-state index contributed by atoms with van der Waals surface area (Å²) < 4.78 is 48.8. The summed E-state index contributed by atoms with van der Waals surface area (Å²) in [6.45, 7) is 13.5. The number of ether oxygens (including phenoxy) is 5. The summed E-state index contributed by atoms with van der Waals surface area (Å²) in [6, 6.07) is 30.6. The highest BCUT2D eigenvalue weighted by atomic mass is 31.2. The number of benzene rings is 3. The van der Waals surface area contributed by atoms with Gasteiger partial charge in [0.1, 0.15) is 35.0 Å². The van der Waals surface area contributed by atoms with Crippen molar-refractivity contribution in [2.75, 3.05) is 27.4 Å². The van der Waals surface area contributed by atoms with Crippen molar-refractivity contribution in [1.29, 1.82) is 5.26 Å². The Bertz CT molecular complexity index is 2420. The Hall–Kier alpha value is -5.59. The number of H-pyrrole nitrogens is 1. The lowest BCUT2D eigenvalue weighted by atomic mass is 9.80. The number of nitrogens with zero attached hydrogens (tertiary/aromatic N) is 4. The first-order valence-electron chi connectivity index (χ1n) is 21.3. The van der Waals surface area contributed by atoms with E-state index in [2.05, 4.69) is 15.7 Å². The quantitative estimate of drug-likeness (QED) is 0.0505. The minimum absolute atomic E-state index is 0.00230. The largest absolute Gasteiger partial charge is 0.497 e. The predicted octanol–water partition coefficient (Wildman–Crippen LogP) is 8.76. The number of hydrogen-bond donors (Lipinski definition) is 1. The fraction of sp³-hybridized carbons (Fsp3) is 0.417. The lowest BCUT2D eigenvalue weighted by Crippen LogP contribution is -2.39. The molecular weight excluding hydrogens is 838 g/mol. The van der Waals surface area contributed by atoms with Crippen LogP contribution < -0.4 is 20.7 Å². The van der Waals surface area contributed by atoms with Gasteiger partial charge in [-0.25, -0.2) is 14.3 Å². The van der Waals surface area contributed by atoms with Crippen LogP contribution in [0.4, 0.5) is 4.79 Å². The molecule has 1 fully saturated rings. The summed E-state index contributed by atoms with van der Waals surface area (Å²) in [7, 11) is 1.45. The maximum atomic E-state index is 13.8. The number of aromatic amines is 1. The molecule has 1 saturated heterocycles. The van der Waals surface area contributed by atoms with Gasteiger partial charge in [-0.2, -0.15) is 5.26 Å². The van der Waals surface area contributed by atoms with Gasteiger partial charge < -0.3 is 32.7 Å². The third kappa shape index (κ3) is 10.8. The molecule has 3 heterocycles. The van der Waals surface area contributed by atoms with Crippen LogP contribution in [0.3, 0.4) is 0 Å². The molecule has 1 aliphatic heterocycles. The molecule has 2 aromatic heterocycles. The van der Waals surface area contributed by atoms with Gasteiger partial charge in [0.05, 0.1) is 57.3 Å². The molecular formula is C48H58N5O10P. The second-order valence-electron chi connectivity index (χ2n) is 16.8. The minimum Gasteiger partial charge on any atom is -0.497 e. The van der Waals surface area contributed by atoms with E-state index >= 15 is 0 Å². The number of aromatic nitrogens is 3. The van der Waals surface area contributed by atoms with E-state index in [4.69, 9.17) is 32.7 Å². The monoisotopic (exact) mass is 895 g/mol. The van der Waals surface area contributed by atoms with Gasteiger partial charge in [-0.05, 0) is 102 Å². The number of nitrogens with one attached hydrogen (secondary N) is 1. The first kappa shape index (κ1) is 47.9. The van der Waals surface area contributed by atoms with E-state index in [9.17, 15) is 19.6 Å². The van der Waals surface area contributed by atoms with E-state index in [1.54, 1.807) is 47.1 Å². The van der Waals surface area contributed by atoms with E-state index < -0.39 is 55.5 Å². The molecule has 16 heteroatoms. The number of hydrogen-bond acceptors (Lipinski definition) is 12. The van der Waals surface area contributed by atoms with E-state index in [0.717, 1.165) is 16.7 Å². The Kier molecular flexibility index (Phi) is 15.7. The Morgan fingerprint density at radius 1 is 0.891 bits per heavy atom. The number of methoxy groups -OCH3 is 2. The molecule has 1 unspecified atom stereocenters. The highest BCUT2D eigenvalue weighted by Gasteiger charge is 2.45. The first-order chi connectivity index (χ1) is 30.6. The standard InChI is InChI=1S/C48H58N5O10P/c1-32(2)53(33(3)4)64(60-28-14-26-49)63-41-29-43(52-30-39(44(54)50-45(52)55)40-17-13-27-51(40)46(56)62-47(5,6)7)61-42(41)31-59-48(34-15-11-10-12-16-34,35-18-22-37(57-8)23-19-35)36-20-24-38(58-9)25-21-36/h10-13,15-25,27,30,32-33,41-43H,14,28-29,31H2,1-9H3,(H,50,54,55)/t41-,42+,43+,64?/m0/s1. The van der Waals surface area contributed by atoms with Crippen LogP contribution in [0, 0.1) is 11.3 Å². The zero-order valence-corrected chi connectivity index (χ0v) is 38.7. The minimum atomic E-state index is -1.78. The third-order valence-electron chi connectivity index (χ3n) is 10.6. The molecule has 5 aromatic rings. The average molecular weight is 896 g/mol. The van der Waals surface area contributed by atoms with E-state index in [-0.39, 0.29) is 49.4 Å². The molecule has 0 radical (unpaired) electrons. The molecule has 1 N–H and O–H groups in total. The normalized spacial score (nSPS) is 17.1. The van der Waals surface area contributed by atoms with Crippen molar-refractivity contribution < 1.29 is 37.5 Å². The smallest absolute Gasteiger partial charge is 0.418 e. The third-order valence-corrected chi connectivity index (χ3v) is 12.8. The SMILES string of the molecule is COc1ccc(C(OC[C@H]2O[C@@H](n3cc(-c4cccn4C(=O)OC(C)(C)C)c(=O)[nH]c3=O)C[C@@H]2OP(OCCC#N)N(C(C)C)C(C)C)(c2ccccc2)c2ccc(OC)cc2)cc1. The Labute approximate surface area is 375 Å². The van der Waals surface area contributed by atoms with Crippen molar-refractivity contribution in [3.8, 4) is 28.8 Å². The zero-order valence-electron chi connectivity index (χ0n) is 37.8. The van der Waals surface area contributed by atoms with Crippen molar-refractivity contribution in [1.82, 2.24) is 18.8 Å². The van der Waals surface area contributed by atoms with Gasteiger partial charge >= 0.3 is 11.8 Å². The molecule has 0 aliphatic carbocycles. The molecule has 3 aromatic carbocycles. The van der Waals surface area contributed by atoms with Gasteiger partial charge in [-0.15, -0.1) is 0 Å². The van der Waals surface area contributed by atoms with Crippen LogP contribution in [0.1, 0.15) is 84.2 Å². The molecule has 1 aliphatic rings. The van der Waals surface area contributed by atoms with E-state index in [0.29, 0.717) is 11.5 Å². The molecule has 0 bridgehead atoms. The van der Waals surface area contributed by atoms with Crippen LogP contribution >= 0.6 is 8.53 Å². The van der Waals surface area contributed by atoms with Gasteiger partial charge in [0.15, 0.2) is 0 Å². The van der Waals surface area contributed by atoms with Crippen LogP contribution in [0.5, 0.6) is 11.5 Å². The van der Waals surface area contributed by atoms with E-state index in [1.807, 2.05) is 107 Å². The molecule has 6 rings (SSSR count). The van der Waals surface area contributed by atoms with Gasteiger partial charge in [0.2, 0.25) is 0 Å². The zero-order chi connectivity index (χ0) is 46.2. The van der Waals surface area contributed by atoms with Gasteiger partial charge in [-0.1, -0.05) is 54.6 Å². The predicted molar refractivity (Wildman–Crippen MR) is 243 cm³/mol. The van der Waals surface area contributed by atoms with Crippen LogP contribution in [0.2, 0.25) is 0 Å². The van der Waals surface area contributed by atoms with Crippen molar-refractivity contribution in [3.63, 3.8) is 0 Å². The highest BCUT2D eigenvalue weighted by molar-refractivity contribution is 7.44. The molecule has 340 valence electrons. The van der Waals surface area contributed by atoms with E-state index in [1.165, 1.54) is 21.5 Å². The number of rotatable bonds is 18. The molecule has 0 amide bonds. The summed E-state index contributed by atoms with van der Waals surface area (Å²) in [4.78, 5) is 43.0. The average Bonchev–Trinajstić information content (AvgIpc) is 3.92. The maximum Gasteiger partial charge on any atom is 0.418 e. The number of carbonyl (C=O) groups is 1. The maximum absolute atomic E-state index is 13.8. The van der Waals surface area contributed by atoms with Crippen LogP contribution in [0.15, 0.2) is 113 Å². The molecule has 15 nitrogen and oxygen atoms in total. The van der Waals surface area contributed by atoms with Gasteiger partial charge in [0, 0.05) is 30.9 Å². The molecule has 64 heavy (non-hydrogen) atoms. The summed E-state index contributed by atoms with van der Waals surface area (Å²) in [5.74, 6) is 1.34. The Morgan fingerprint density at radius 2 is 1.48 bits per heavy atom. The van der Waals surface area contributed by atoms with Crippen LogP contribution in [-0.4, -0.2) is 82.2 Å². The Balaban J connectivity index is 1.46. The summed E-state index contributed by atoms with van der Waals surface area (Å²) in [6.07, 6.45) is -0.0148. The van der Waals surface area contributed by atoms with Crippen molar-refractivity contribution in [3.05, 3.63) is 141 Å². The van der Waals surface area contributed by atoms with Crippen LogP contribution in [-0.2, 0) is 28.9 Å². The van der Waals surface area contributed by atoms with Gasteiger partial charge in [0.25, 0.3) is 14.1 Å². The first-order valence-corrected chi connectivity index (χ1v) is 22.4. The fourth-order valence-electron chi connectivity index (χ4n) is 7.78. The molecule has 0 spiro atoms. The summed E-state index contributed by atoms with van der Waals surface area (Å²) in [5, 5.41) is 9.43. The summed E-state index contributed by atoms with van der Waals surface area (Å²) >= 11 is 0.